The maximum absolute atomic E-state index is 12.6. The number of ether oxygens (including phenoxy) is 2. The van der Waals surface area contributed by atoms with Crippen molar-refractivity contribution in [2.75, 3.05) is 19.8 Å². The minimum absolute atomic E-state index is 0.0616. The van der Waals surface area contributed by atoms with Crippen LogP contribution >= 0.6 is 7.82 Å². The van der Waals surface area contributed by atoms with E-state index in [-0.39, 0.29) is 18.9 Å². The molecule has 0 saturated carbocycles. The van der Waals surface area contributed by atoms with Gasteiger partial charge in [-0.1, -0.05) is 117 Å². The van der Waals surface area contributed by atoms with Crippen LogP contribution in [0.4, 0.5) is 0 Å². The lowest BCUT2D eigenvalue weighted by Crippen LogP contribution is -2.34. The van der Waals surface area contributed by atoms with Gasteiger partial charge in [-0.2, -0.15) is 0 Å². The monoisotopic (exact) mass is 847 g/mol. The van der Waals surface area contributed by atoms with E-state index in [1.54, 1.807) is 6.92 Å². The lowest BCUT2D eigenvalue weighted by molar-refractivity contribution is -0.161. The number of carbonyl (C=O) groups excluding carboxylic acids is 2. The summed E-state index contributed by atoms with van der Waals surface area (Å²) in [7, 11) is -4.75. The standard InChI is InChI=1S/C46H74NO11P/c1-3-4-5-6-7-8-9-10-11-12-15-18-21-24-27-30-33-36-44(49)55-38-42(39-56-59(53,54)57-40-43(47)46(51)52)58-45(50)37-34-31-28-25-22-19-16-13-14-17-20-23-26-29-32-35-41(2)48/h4-5,7-8,10-11,14-19,23,25-26,28,41-43,48H,3,6,9,12-13,20-22,24,27,29-40,47H2,1-2H3,(H,51,52)(H,53,54)/b5-4-,8-7-,11-10-,17-14-,18-15-,19-16-,26-23-,28-25-/t41-,42+,43-/m0/s1. The average molecular weight is 848 g/mol. The number of aliphatic carboxylic acids is 1. The molecule has 0 aliphatic carbocycles. The lowest BCUT2D eigenvalue weighted by Gasteiger charge is -2.20. The molecule has 0 radical (unpaired) electrons. The fraction of sp³-hybridized carbons (Fsp3) is 0.587. The second kappa shape index (κ2) is 39.8. The van der Waals surface area contributed by atoms with Crippen LogP contribution in [0.3, 0.4) is 0 Å². The first kappa shape index (κ1) is 55.4. The summed E-state index contributed by atoms with van der Waals surface area (Å²) in [6.07, 6.45) is 47.5. The maximum atomic E-state index is 12.6. The first-order chi connectivity index (χ1) is 28.5. The number of hydrogen-bond acceptors (Lipinski definition) is 10. The van der Waals surface area contributed by atoms with E-state index < -0.39 is 57.7 Å². The number of hydrogen-bond donors (Lipinski definition) is 4. The Morgan fingerprint density at radius 2 is 1.03 bits per heavy atom. The first-order valence-electron chi connectivity index (χ1n) is 21.3. The Hall–Kier alpha value is -3.64. The molecule has 4 atom stereocenters. The van der Waals surface area contributed by atoms with Gasteiger partial charge in [0.1, 0.15) is 12.6 Å². The summed E-state index contributed by atoms with van der Waals surface area (Å²) in [6.45, 7) is 2.13. The van der Waals surface area contributed by atoms with E-state index in [9.17, 15) is 28.9 Å². The van der Waals surface area contributed by atoms with Crippen molar-refractivity contribution < 1.29 is 52.6 Å². The molecule has 0 amide bonds. The molecule has 0 aliphatic rings. The minimum atomic E-state index is -4.75. The normalized spacial score (nSPS) is 15.2. The molecule has 1 unspecified atom stereocenters. The van der Waals surface area contributed by atoms with E-state index in [2.05, 4.69) is 96.5 Å². The number of unbranched alkanes of at least 4 members (excludes halogenated alkanes) is 6. The van der Waals surface area contributed by atoms with Crippen LogP contribution in [0.25, 0.3) is 0 Å². The topological polar surface area (TPSA) is 192 Å². The van der Waals surface area contributed by atoms with Crippen molar-refractivity contribution in [3.05, 3.63) is 97.2 Å². The molecule has 5 N–H and O–H groups in total. The van der Waals surface area contributed by atoms with Crippen molar-refractivity contribution in [1.29, 1.82) is 0 Å². The maximum Gasteiger partial charge on any atom is 0.472 e. The van der Waals surface area contributed by atoms with Gasteiger partial charge in [0.15, 0.2) is 6.10 Å². The highest BCUT2D eigenvalue weighted by molar-refractivity contribution is 7.47. The molecule has 334 valence electrons. The van der Waals surface area contributed by atoms with Gasteiger partial charge in [0, 0.05) is 12.8 Å². The number of esters is 2. The Kier molecular flexibility index (Phi) is 37.3. The van der Waals surface area contributed by atoms with E-state index in [0.29, 0.717) is 19.3 Å². The summed E-state index contributed by atoms with van der Waals surface area (Å²) in [5.74, 6) is -2.52. The highest BCUT2D eigenvalue weighted by Crippen LogP contribution is 2.43. The summed E-state index contributed by atoms with van der Waals surface area (Å²) in [4.78, 5) is 45.9. The highest BCUT2D eigenvalue weighted by atomic mass is 31.2. The number of phosphoric ester groups is 1. The van der Waals surface area contributed by atoms with Crippen molar-refractivity contribution in [3.63, 3.8) is 0 Å². The molecule has 0 aromatic rings. The van der Waals surface area contributed by atoms with Gasteiger partial charge in [-0.3, -0.25) is 23.4 Å². The number of rotatable bonds is 38. The van der Waals surface area contributed by atoms with E-state index in [0.717, 1.165) is 89.9 Å². The van der Waals surface area contributed by atoms with E-state index in [1.807, 2.05) is 12.2 Å². The van der Waals surface area contributed by atoms with Crippen LogP contribution in [0.2, 0.25) is 0 Å². The predicted octanol–water partition coefficient (Wildman–Crippen LogP) is 10.2. The van der Waals surface area contributed by atoms with Gasteiger partial charge in [0.05, 0.1) is 19.3 Å². The van der Waals surface area contributed by atoms with Gasteiger partial charge in [0.25, 0.3) is 0 Å². The first-order valence-corrected chi connectivity index (χ1v) is 22.8. The smallest absolute Gasteiger partial charge is 0.472 e. The Morgan fingerprint density at radius 3 is 1.54 bits per heavy atom. The fourth-order valence-electron chi connectivity index (χ4n) is 5.01. The largest absolute Gasteiger partial charge is 0.480 e. The molecule has 13 heteroatoms. The summed E-state index contributed by atoms with van der Waals surface area (Å²) in [5, 5.41) is 18.2. The molecule has 0 aliphatic heterocycles. The number of allylic oxidation sites excluding steroid dienone is 16. The van der Waals surface area contributed by atoms with Crippen molar-refractivity contribution in [2.45, 2.75) is 154 Å². The third-order valence-electron chi connectivity index (χ3n) is 8.33. The van der Waals surface area contributed by atoms with Gasteiger partial charge >= 0.3 is 25.7 Å². The minimum Gasteiger partial charge on any atom is -0.480 e. The molecule has 0 fully saturated rings. The zero-order chi connectivity index (χ0) is 43.7. The molecule has 0 heterocycles. The molecular formula is C46H74NO11P. The zero-order valence-corrected chi connectivity index (χ0v) is 36.6. The zero-order valence-electron chi connectivity index (χ0n) is 35.7. The number of aliphatic hydroxyl groups is 1. The van der Waals surface area contributed by atoms with Gasteiger partial charge < -0.3 is 30.3 Å². The summed E-state index contributed by atoms with van der Waals surface area (Å²) < 4.78 is 32.6. The second-order valence-electron chi connectivity index (χ2n) is 14.0. The lowest BCUT2D eigenvalue weighted by atomic mass is 10.1. The van der Waals surface area contributed by atoms with Gasteiger partial charge in [0.2, 0.25) is 0 Å². The summed E-state index contributed by atoms with van der Waals surface area (Å²) in [6, 6.07) is -1.54. The quantitative estimate of drug-likeness (QED) is 0.0199. The van der Waals surface area contributed by atoms with Crippen molar-refractivity contribution >= 4 is 25.7 Å². The Morgan fingerprint density at radius 1 is 0.593 bits per heavy atom. The number of carbonyl (C=O) groups is 3. The van der Waals surface area contributed by atoms with Crippen LogP contribution in [0, 0.1) is 0 Å². The van der Waals surface area contributed by atoms with Crippen LogP contribution in [0.15, 0.2) is 97.2 Å². The van der Waals surface area contributed by atoms with Crippen molar-refractivity contribution in [2.24, 2.45) is 5.73 Å². The molecule has 0 aromatic carbocycles. The van der Waals surface area contributed by atoms with Crippen LogP contribution < -0.4 is 5.73 Å². The summed E-state index contributed by atoms with van der Waals surface area (Å²) in [5.41, 5.74) is 5.32. The van der Waals surface area contributed by atoms with Crippen LogP contribution in [0.1, 0.15) is 136 Å². The molecule has 0 rings (SSSR count). The second-order valence-corrected chi connectivity index (χ2v) is 15.5. The SMILES string of the molecule is CC/C=C\C/C=C\C/C=C\C/C=C\CCCCCCC(=O)OC[C@H](COP(=O)(O)OC[C@H](N)C(=O)O)OC(=O)CCC/C=C\C/C=C\C/C=C\C/C=C\CCC[C@H](C)O. The van der Waals surface area contributed by atoms with Gasteiger partial charge in [-0.15, -0.1) is 0 Å². The Bertz CT molecular complexity index is 1380. The molecule has 12 nitrogen and oxygen atoms in total. The molecule has 59 heavy (non-hydrogen) atoms. The van der Waals surface area contributed by atoms with Crippen LogP contribution in [-0.4, -0.2) is 71.1 Å². The number of nitrogens with two attached hydrogens (primary N) is 1. The van der Waals surface area contributed by atoms with Gasteiger partial charge in [-0.25, -0.2) is 4.57 Å². The summed E-state index contributed by atoms with van der Waals surface area (Å²) >= 11 is 0. The molecule has 0 bridgehead atoms. The van der Waals surface area contributed by atoms with E-state index in [1.165, 1.54) is 0 Å². The fourth-order valence-corrected chi connectivity index (χ4v) is 5.78. The molecule has 0 spiro atoms. The van der Waals surface area contributed by atoms with Crippen molar-refractivity contribution in [3.8, 4) is 0 Å². The van der Waals surface area contributed by atoms with Gasteiger partial charge in [-0.05, 0) is 103 Å². The molecule has 0 aromatic heterocycles. The third-order valence-corrected chi connectivity index (χ3v) is 9.29. The third kappa shape index (κ3) is 40.9. The highest BCUT2D eigenvalue weighted by Gasteiger charge is 2.28. The Labute approximate surface area is 354 Å². The predicted molar refractivity (Wildman–Crippen MR) is 236 cm³/mol. The number of aliphatic hydroxyl groups excluding tert-OH is 1. The molecular weight excluding hydrogens is 773 g/mol. The van der Waals surface area contributed by atoms with Crippen LogP contribution in [0.5, 0.6) is 0 Å². The van der Waals surface area contributed by atoms with E-state index in [4.69, 9.17) is 24.8 Å². The molecule has 0 saturated heterocycles. The van der Waals surface area contributed by atoms with E-state index >= 15 is 0 Å². The Balaban J connectivity index is 4.54. The number of carboxylic acids is 1. The number of phosphoric acid groups is 1. The van der Waals surface area contributed by atoms with Crippen molar-refractivity contribution in [1.82, 2.24) is 0 Å². The number of carboxylic acid groups (broad SMARTS) is 1. The van der Waals surface area contributed by atoms with Crippen LogP contribution in [-0.2, 0) is 37.5 Å². The average Bonchev–Trinajstić information content (AvgIpc) is 3.20.